The summed E-state index contributed by atoms with van der Waals surface area (Å²) in [5.41, 5.74) is 0.622. The van der Waals surface area contributed by atoms with Gasteiger partial charge in [0.25, 0.3) is 0 Å². The molecule has 0 aromatic rings. The molecule has 4 heteroatoms. The maximum absolute atomic E-state index is 11.2. The highest BCUT2D eigenvalue weighted by Crippen LogP contribution is 2.02. The van der Waals surface area contributed by atoms with Crippen LogP contribution in [0.1, 0.15) is 27.2 Å². The minimum absolute atomic E-state index is 0.197. The Balaban J connectivity index is 4.24. The fourth-order valence-corrected chi connectivity index (χ4v) is 1.33. The zero-order valence-electron chi connectivity index (χ0n) is 10.7. The van der Waals surface area contributed by atoms with Gasteiger partial charge in [-0.25, -0.2) is 4.79 Å². The minimum Gasteiger partial charge on any atom is -0.466 e. The Morgan fingerprint density at radius 1 is 1.50 bits per heavy atom. The summed E-state index contributed by atoms with van der Waals surface area (Å²) >= 11 is 0. The van der Waals surface area contributed by atoms with Gasteiger partial charge in [0, 0.05) is 31.3 Å². The van der Waals surface area contributed by atoms with Gasteiger partial charge in [-0.2, -0.15) is 0 Å². The summed E-state index contributed by atoms with van der Waals surface area (Å²) in [6, 6.07) is 0.397. The molecule has 0 atom stereocenters. The highest BCUT2D eigenvalue weighted by Gasteiger charge is 2.09. The van der Waals surface area contributed by atoms with Crippen LogP contribution in [-0.2, 0) is 9.53 Å². The normalized spacial score (nSPS) is 12.3. The Labute approximate surface area is 97.9 Å². The van der Waals surface area contributed by atoms with Gasteiger partial charge in [0.1, 0.15) is 0 Å². The smallest absolute Gasteiger partial charge is 0.333 e. The summed E-state index contributed by atoms with van der Waals surface area (Å²) in [4.78, 5) is 13.4. The molecule has 0 aliphatic heterocycles. The van der Waals surface area contributed by atoms with Crippen molar-refractivity contribution >= 4 is 5.97 Å². The zero-order chi connectivity index (χ0) is 12.6. The standard InChI is InChI=1S/C12H23NO3/c1-10(2)13(7-5-9-14)8-6-11(3)12(15)16-4/h6,10,14H,5,7-9H2,1-4H3. The van der Waals surface area contributed by atoms with Crippen molar-refractivity contribution < 1.29 is 14.6 Å². The number of aliphatic hydroxyl groups is 1. The summed E-state index contributed by atoms with van der Waals surface area (Å²) in [7, 11) is 1.38. The maximum Gasteiger partial charge on any atom is 0.333 e. The highest BCUT2D eigenvalue weighted by atomic mass is 16.5. The van der Waals surface area contributed by atoms with Crippen LogP contribution in [0.5, 0.6) is 0 Å². The summed E-state index contributed by atoms with van der Waals surface area (Å²) in [6.07, 6.45) is 2.62. The van der Waals surface area contributed by atoms with Crippen LogP contribution in [0.25, 0.3) is 0 Å². The molecule has 0 aliphatic rings. The van der Waals surface area contributed by atoms with Crippen LogP contribution in [0.15, 0.2) is 11.6 Å². The number of nitrogens with zero attached hydrogens (tertiary/aromatic N) is 1. The van der Waals surface area contributed by atoms with Gasteiger partial charge < -0.3 is 9.84 Å². The predicted octanol–water partition coefficient (Wildman–Crippen LogP) is 1.20. The van der Waals surface area contributed by atoms with Crippen molar-refractivity contribution in [3.05, 3.63) is 11.6 Å². The monoisotopic (exact) mass is 229 g/mol. The summed E-state index contributed by atoms with van der Waals surface area (Å²) in [5, 5.41) is 8.78. The van der Waals surface area contributed by atoms with E-state index in [-0.39, 0.29) is 12.6 Å². The Kier molecular flexibility index (Phi) is 7.85. The summed E-state index contributed by atoms with van der Waals surface area (Å²) in [6.45, 7) is 7.67. The van der Waals surface area contributed by atoms with Crippen molar-refractivity contribution in [2.24, 2.45) is 0 Å². The van der Waals surface area contributed by atoms with Gasteiger partial charge in [-0.1, -0.05) is 6.08 Å². The SMILES string of the molecule is COC(=O)C(C)=CCN(CCCO)C(C)C. The lowest BCUT2D eigenvalue weighted by Gasteiger charge is -2.24. The highest BCUT2D eigenvalue weighted by molar-refractivity contribution is 5.87. The second kappa shape index (κ2) is 8.30. The second-order valence-electron chi connectivity index (χ2n) is 4.04. The number of ether oxygens (including phenoxy) is 1. The molecule has 0 heterocycles. The molecule has 4 nitrogen and oxygen atoms in total. The number of hydrogen-bond acceptors (Lipinski definition) is 4. The van der Waals surface area contributed by atoms with Crippen molar-refractivity contribution in [3.63, 3.8) is 0 Å². The number of methoxy groups -OCH3 is 1. The fraction of sp³-hybridized carbons (Fsp3) is 0.750. The van der Waals surface area contributed by atoms with Crippen molar-refractivity contribution in [1.82, 2.24) is 4.90 Å². The van der Waals surface area contributed by atoms with Crippen molar-refractivity contribution in [3.8, 4) is 0 Å². The number of rotatable bonds is 7. The van der Waals surface area contributed by atoms with Crippen LogP contribution < -0.4 is 0 Å². The molecular formula is C12H23NO3. The number of carbonyl (C=O) groups is 1. The lowest BCUT2D eigenvalue weighted by atomic mass is 10.2. The number of esters is 1. The van der Waals surface area contributed by atoms with E-state index >= 15 is 0 Å². The van der Waals surface area contributed by atoms with Gasteiger partial charge in [0.15, 0.2) is 0 Å². The first-order valence-electron chi connectivity index (χ1n) is 5.63. The molecule has 0 bridgehead atoms. The molecule has 0 aliphatic carbocycles. The van der Waals surface area contributed by atoms with Crippen LogP contribution >= 0.6 is 0 Å². The third kappa shape index (κ3) is 5.88. The Hall–Kier alpha value is -0.870. The topological polar surface area (TPSA) is 49.8 Å². The predicted molar refractivity (Wildman–Crippen MR) is 64.2 cm³/mol. The number of carbonyl (C=O) groups excluding carboxylic acids is 1. The quantitative estimate of drug-likeness (QED) is 0.526. The van der Waals surface area contributed by atoms with Crippen LogP contribution in [0.2, 0.25) is 0 Å². The minimum atomic E-state index is -0.286. The first kappa shape index (κ1) is 15.1. The van der Waals surface area contributed by atoms with Gasteiger partial charge in [0.2, 0.25) is 0 Å². The molecule has 94 valence electrons. The third-order valence-corrected chi connectivity index (χ3v) is 2.47. The summed E-state index contributed by atoms with van der Waals surface area (Å²) in [5.74, 6) is -0.286. The Morgan fingerprint density at radius 2 is 2.12 bits per heavy atom. The summed E-state index contributed by atoms with van der Waals surface area (Å²) < 4.78 is 4.62. The van der Waals surface area contributed by atoms with E-state index in [2.05, 4.69) is 23.5 Å². The maximum atomic E-state index is 11.2. The van der Waals surface area contributed by atoms with E-state index in [1.54, 1.807) is 6.92 Å². The van der Waals surface area contributed by atoms with Crippen molar-refractivity contribution in [2.45, 2.75) is 33.2 Å². The van der Waals surface area contributed by atoms with Crippen LogP contribution in [0.3, 0.4) is 0 Å². The van der Waals surface area contributed by atoms with E-state index in [9.17, 15) is 4.79 Å². The molecule has 0 saturated heterocycles. The van der Waals surface area contributed by atoms with E-state index in [1.807, 2.05) is 6.08 Å². The third-order valence-electron chi connectivity index (χ3n) is 2.47. The molecule has 0 fully saturated rings. The molecule has 16 heavy (non-hydrogen) atoms. The zero-order valence-corrected chi connectivity index (χ0v) is 10.7. The molecule has 0 aromatic carbocycles. The van der Waals surface area contributed by atoms with Gasteiger partial charge in [-0.15, -0.1) is 0 Å². The average Bonchev–Trinajstić information content (AvgIpc) is 2.27. The number of hydrogen-bond donors (Lipinski definition) is 1. The van der Waals surface area contributed by atoms with Crippen LogP contribution in [0, 0.1) is 0 Å². The van der Waals surface area contributed by atoms with E-state index < -0.39 is 0 Å². The van der Waals surface area contributed by atoms with Gasteiger partial charge in [-0.05, 0) is 27.2 Å². The molecule has 0 unspecified atom stereocenters. The molecule has 0 rings (SSSR count). The van der Waals surface area contributed by atoms with Crippen LogP contribution in [0.4, 0.5) is 0 Å². The second-order valence-corrected chi connectivity index (χ2v) is 4.04. The van der Waals surface area contributed by atoms with E-state index in [0.717, 1.165) is 13.0 Å². The molecule has 0 radical (unpaired) electrons. The van der Waals surface area contributed by atoms with E-state index in [4.69, 9.17) is 5.11 Å². The van der Waals surface area contributed by atoms with E-state index in [1.165, 1.54) is 7.11 Å². The Morgan fingerprint density at radius 3 is 2.56 bits per heavy atom. The van der Waals surface area contributed by atoms with Gasteiger partial charge in [-0.3, -0.25) is 4.90 Å². The molecular weight excluding hydrogens is 206 g/mol. The largest absolute Gasteiger partial charge is 0.466 e. The molecule has 0 spiro atoms. The lowest BCUT2D eigenvalue weighted by Crippen LogP contribution is -2.32. The average molecular weight is 229 g/mol. The van der Waals surface area contributed by atoms with E-state index in [0.29, 0.717) is 18.2 Å². The first-order chi connectivity index (χ1) is 7.52. The Bertz CT molecular complexity index is 236. The van der Waals surface area contributed by atoms with Crippen LogP contribution in [-0.4, -0.2) is 48.8 Å². The molecule has 0 aromatic heterocycles. The fourth-order valence-electron chi connectivity index (χ4n) is 1.33. The first-order valence-corrected chi connectivity index (χ1v) is 5.63. The number of aliphatic hydroxyl groups excluding tert-OH is 1. The van der Waals surface area contributed by atoms with Gasteiger partial charge in [0.05, 0.1) is 7.11 Å². The van der Waals surface area contributed by atoms with Crippen molar-refractivity contribution in [1.29, 1.82) is 0 Å². The van der Waals surface area contributed by atoms with Gasteiger partial charge >= 0.3 is 5.97 Å². The lowest BCUT2D eigenvalue weighted by molar-refractivity contribution is -0.136. The molecule has 0 amide bonds. The van der Waals surface area contributed by atoms with Crippen molar-refractivity contribution in [2.75, 3.05) is 26.8 Å². The molecule has 0 saturated carbocycles. The molecule has 1 N–H and O–H groups in total.